The Labute approximate surface area is 282 Å². The lowest BCUT2D eigenvalue weighted by Gasteiger charge is -2.20. The molecular formula is C40H55N3O4. The molecule has 0 aliphatic heterocycles. The van der Waals surface area contributed by atoms with Gasteiger partial charge in [-0.2, -0.15) is 0 Å². The smallest absolute Gasteiger partial charge is 0.164 e. The van der Waals surface area contributed by atoms with E-state index in [0.29, 0.717) is 48.3 Å². The summed E-state index contributed by atoms with van der Waals surface area (Å²) in [7, 11) is 0. The van der Waals surface area contributed by atoms with Crippen molar-refractivity contribution in [3.05, 3.63) is 82.1 Å². The van der Waals surface area contributed by atoms with Gasteiger partial charge in [0, 0.05) is 35.8 Å². The number of unbranched alkanes of at least 4 members (excludes halogenated alkanes) is 9. The highest BCUT2D eigenvalue weighted by Gasteiger charge is 2.22. The lowest BCUT2D eigenvalue weighted by molar-refractivity contribution is -0.00499. The summed E-state index contributed by atoms with van der Waals surface area (Å²) >= 11 is 0. The lowest BCUT2D eigenvalue weighted by Crippen LogP contribution is -2.22. The number of allylic oxidation sites excluding steroid dienone is 3. The van der Waals surface area contributed by atoms with Crippen LogP contribution in [0.2, 0.25) is 0 Å². The van der Waals surface area contributed by atoms with Gasteiger partial charge in [-0.05, 0) is 51.7 Å². The Morgan fingerprint density at radius 2 is 1.21 bits per heavy atom. The number of rotatable bonds is 19. The summed E-state index contributed by atoms with van der Waals surface area (Å²) in [6, 6.07) is 12.5. The van der Waals surface area contributed by atoms with Gasteiger partial charge in [0.25, 0.3) is 0 Å². The highest BCUT2D eigenvalue weighted by Crippen LogP contribution is 2.33. The molecule has 0 saturated heterocycles. The first-order chi connectivity index (χ1) is 22.7. The minimum Gasteiger partial charge on any atom is -0.507 e. The Morgan fingerprint density at radius 3 is 1.74 bits per heavy atom. The number of aliphatic hydroxyl groups excluding tert-OH is 2. The minimum absolute atomic E-state index is 0.0716. The van der Waals surface area contributed by atoms with Crippen molar-refractivity contribution in [3.8, 4) is 22.8 Å². The number of aryl methyl sites for hydroxylation is 4. The zero-order chi connectivity index (χ0) is 33.6. The summed E-state index contributed by atoms with van der Waals surface area (Å²) in [5, 5.41) is 21.5. The Morgan fingerprint density at radius 1 is 0.681 bits per heavy atom. The zero-order valence-electron chi connectivity index (χ0n) is 29.3. The molecule has 7 heteroatoms. The topological polar surface area (TPSA) is 97.6 Å². The first-order valence-electron chi connectivity index (χ1n) is 17.7. The van der Waals surface area contributed by atoms with Crippen molar-refractivity contribution < 1.29 is 19.7 Å². The molecule has 47 heavy (non-hydrogen) atoms. The number of aliphatic hydroxyl groups is 2. The first kappa shape index (κ1) is 36.3. The summed E-state index contributed by atoms with van der Waals surface area (Å²) < 4.78 is 11.6. The molecule has 1 unspecified atom stereocenters. The summed E-state index contributed by atoms with van der Waals surface area (Å²) in [5.74, 6) is 2.31. The average Bonchev–Trinajstić information content (AvgIpc) is 3.04. The Balaban J connectivity index is 1.34. The number of nitrogens with zero attached hydrogens (tertiary/aromatic N) is 3. The van der Waals surface area contributed by atoms with Gasteiger partial charge in [-0.1, -0.05) is 112 Å². The molecule has 1 aromatic heterocycles. The van der Waals surface area contributed by atoms with Crippen LogP contribution in [0.3, 0.4) is 0 Å². The fraction of sp³-hybridized carbons (Fsp3) is 0.525. The van der Waals surface area contributed by atoms with Gasteiger partial charge in [-0.15, -0.1) is 0 Å². The molecule has 0 radical (unpaired) electrons. The van der Waals surface area contributed by atoms with Crippen molar-refractivity contribution in [1.29, 1.82) is 0 Å². The molecule has 2 N–H and O–H groups in total. The molecule has 1 aliphatic carbocycles. The van der Waals surface area contributed by atoms with Crippen molar-refractivity contribution in [2.75, 3.05) is 19.8 Å². The standard InChI is InChI=1S/C40H55N3O4/c1-6-7-8-9-10-11-12-13-14-15-22-46-26-32(44)27-47-33-18-21-36(37(45)25-33)40-42-38(34-19-16-28(2)23-30(34)4)41-39(43-40)35-20-17-29(3)24-31(35)5/h16-17,19-20,23-25,32,44-45H,6-15,18,21-22,26-27H2,1-5H3. The number of benzene rings is 2. The third-order valence-corrected chi connectivity index (χ3v) is 8.79. The molecule has 1 atom stereocenters. The maximum absolute atomic E-state index is 11.1. The van der Waals surface area contributed by atoms with E-state index in [1.165, 1.54) is 68.9 Å². The van der Waals surface area contributed by atoms with E-state index < -0.39 is 6.10 Å². The Bertz CT molecular complexity index is 1440. The van der Waals surface area contributed by atoms with Gasteiger partial charge in [-0.25, -0.2) is 15.0 Å². The highest BCUT2D eigenvalue weighted by atomic mass is 16.5. The van der Waals surface area contributed by atoms with Crippen LogP contribution in [0.4, 0.5) is 0 Å². The molecule has 2 aromatic carbocycles. The van der Waals surface area contributed by atoms with Crippen LogP contribution in [-0.4, -0.2) is 51.1 Å². The van der Waals surface area contributed by atoms with Crippen molar-refractivity contribution in [3.63, 3.8) is 0 Å². The van der Waals surface area contributed by atoms with E-state index >= 15 is 0 Å². The monoisotopic (exact) mass is 641 g/mol. The second kappa shape index (κ2) is 18.7. The summed E-state index contributed by atoms with van der Waals surface area (Å²) in [5.41, 5.74) is 7.03. The second-order valence-electron chi connectivity index (χ2n) is 13.1. The lowest BCUT2D eigenvalue weighted by atomic mass is 10.00. The molecule has 0 saturated carbocycles. The van der Waals surface area contributed by atoms with Crippen LogP contribution in [0.5, 0.6) is 0 Å². The minimum atomic E-state index is -0.726. The molecule has 0 fully saturated rings. The molecule has 1 aliphatic rings. The van der Waals surface area contributed by atoms with Crippen LogP contribution >= 0.6 is 0 Å². The van der Waals surface area contributed by atoms with Crippen LogP contribution in [0.1, 0.15) is 112 Å². The van der Waals surface area contributed by atoms with Gasteiger partial charge in [0.2, 0.25) is 0 Å². The van der Waals surface area contributed by atoms with E-state index in [4.69, 9.17) is 24.4 Å². The van der Waals surface area contributed by atoms with Gasteiger partial charge in [0.1, 0.15) is 24.2 Å². The number of hydrogen-bond donors (Lipinski definition) is 2. The number of ether oxygens (including phenoxy) is 2. The quantitative estimate of drug-likeness (QED) is 0.126. The van der Waals surface area contributed by atoms with Gasteiger partial charge in [0.05, 0.1) is 6.61 Å². The van der Waals surface area contributed by atoms with E-state index in [1.54, 1.807) is 6.08 Å². The number of aromatic nitrogens is 3. The third-order valence-electron chi connectivity index (χ3n) is 8.79. The molecule has 0 bridgehead atoms. The van der Waals surface area contributed by atoms with Crippen LogP contribution in [0.25, 0.3) is 28.3 Å². The number of hydrogen-bond acceptors (Lipinski definition) is 7. The van der Waals surface area contributed by atoms with Gasteiger partial charge in [0.15, 0.2) is 17.5 Å². The summed E-state index contributed by atoms with van der Waals surface area (Å²) in [6.45, 7) is 11.5. The molecule has 0 amide bonds. The molecule has 7 nitrogen and oxygen atoms in total. The summed E-state index contributed by atoms with van der Waals surface area (Å²) in [6.07, 6.45) is 14.8. The summed E-state index contributed by atoms with van der Waals surface area (Å²) in [4.78, 5) is 14.6. The normalized spacial score (nSPS) is 14.0. The van der Waals surface area contributed by atoms with Crippen molar-refractivity contribution >= 4 is 5.57 Å². The van der Waals surface area contributed by atoms with Gasteiger partial charge < -0.3 is 19.7 Å². The fourth-order valence-corrected chi connectivity index (χ4v) is 6.07. The van der Waals surface area contributed by atoms with E-state index in [0.717, 1.165) is 28.7 Å². The highest BCUT2D eigenvalue weighted by molar-refractivity contribution is 5.72. The van der Waals surface area contributed by atoms with Gasteiger partial charge in [-0.3, -0.25) is 0 Å². The predicted molar refractivity (Wildman–Crippen MR) is 191 cm³/mol. The maximum Gasteiger partial charge on any atom is 0.164 e. The SMILES string of the molecule is CCCCCCCCCCCCOCC(O)COC1=CC(O)=C(c2nc(-c3ccc(C)cc3C)nc(-c3ccc(C)cc3C)n2)CC1. The molecule has 3 aromatic rings. The van der Waals surface area contributed by atoms with Gasteiger partial charge >= 0.3 is 0 Å². The molecule has 1 heterocycles. The van der Waals surface area contributed by atoms with E-state index in [9.17, 15) is 10.2 Å². The van der Waals surface area contributed by atoms with Crippen molar-refractivity contribution in [2.45, 2.75) is 118 Å². The van der Waals surface area contributed by atoms with Crippen molar-refractivity contribution in [2.24, 2.45) is 0 Å². The Hall–Kier alpha value is -3.55. The average molecular weight is 642 g/mol. The maximum atomic E-state index is 11.1. The molecular weight excluding hydrogens is 586 g/mol. The van der Waals surface area contributed by atoms with E-state index in [-0.39, 0.29) is 19.0 Å². The molecule has 254 valence electrons. The van der Waals surface area contributed by atoms with Crippen molar-refractivity contribution in [1.82, 2.24) is 15.0 Å². The van der Waals surface area contributed by atoms with Crippen LogP contribution < -0.4 is 0 Å². The zero-order valence-corrected chi connectivity index (χ0v) is 29.3. The molecule has 0 spiro atoms. The van der Waals surface area contributed by atoms with Crippen LogP contribution in [-0.2, 0) is 9.47 Å². The second-order valence-corrected chi connectivity index (χ2v) is 13.1. The molecule has 4 rings (SSSR count). The van der Waals surface area contributed by atoms with E-state index in [2.05, 4.69) is 58.9 Å². The third kappa shape index (κ3) is 11.3. The largest absolute Gasteiger partial charge is 0.507 e. The van der Waals surface area contributed by atoms with E-state index in [1.807, 2.05) is 12.1 Å². The predicted octanol–water partition coefficient (Wildman–Crippen LogP) is 9.70. The van der Waals surface area contributed by atoms with Crippen LogP contribution in [0, 0.1) is 27.7 Å². The fourth-order valence-electron chi connectivity index (χ4n) is 6.07. The first-order valence-corrected chi connectivity index (χ1v) is 17.7. The van der Waals surface area contributed by atoms with Crippen LogP contribution in [0.15, 0.2) is 54.0 Å². The Kier molecular flexibility index (Phi) is 14.4.